The van der Waals surface area contributed by atoms with Crippen LogP contribution in [0.4, 0.5) is 5.95 Å². The molecule has 14 heavy (non-hydrogen) atoms. The number of thiocarbonyl (C=S) groups is 1. The first-order valence-corrected chi connectivity index (χ1v) is 4.93. The second-order valence-electron chi connectivity index (χ2n) is 3.08. The van der Waals surface area contributed by atoms with E-state index in [0.717, 1.165) is 6.42 Å². The summed E-state index contributed by atoms with van der Waals surface area (Å²) in [5, 5.41) is 3.15. The third-order valence-electron chi connectivity index (χ3n) is 1.90. The molecule has 0 aliphatic heterocycles. The van der Waals surface area contributed by atoms with Gasteiger partial charge >= 0.3 is 0 Å². The molecule has 1 atom stereocenters. The first-order valence-electron chi connectivity index (χ1n) is 4.53. The van der Waals surface area contributed by atoms with Gasteiger partial charge in [-0.25, -0.2) is 9.97 Å². The van der Waals surface area contributed by atoms with E-state index >= 15 is 0 Å². The zero-order valence-electron chi connectivity index (χ0n) is 8.32. The van der Waals surface area contributed by atoms with E-state index in [4.69, 9.17) is 18.0 Å². The molecule has 1 rings (SSSR count). The molecule has 0 aliphatic rings. The number of hydrogen-bond acceptors (Lipinski definition) is 4. The normalized spacial score (nSPS) is 12.1. The minimum atomic E-state index is 0.291. The fourth-order valence-corrected chi connectivity index (χ4v) is 1.00. The van der Waals surface area contributed by atoms with Gasteiger partial charge < -0.3 is 11.1 Å². The largest absolute Gasteiger partial charge is 0.388 e. The summed E-state index contributed by atoms with van der Waals surface area (Å²) in [6.07, 6.45) is 2.66. The van der Waals surface area contributed by atoms with Gasteiger partial charge in [0.25, 0.3) is 0 Å². The van der Waals surface area contributed by atoms with Crippen molar-refractivity contribution in [1.29, 1.82) is 0 Å². The van der Waals surface area contributed by atoms with Crippen molar-refractivity contribution in [1.82, 2.24) is 9.97 Å². The molecule has 76 valence electrons. The Morgan fingerprint density at radius 1 is 1.71 bits per heavy atom. The smallest absolute Gasteiger partial charge is 0.223 e. The summed E-state index contributed by atoms with van der Waals surface area (Å²) in [7, 11) is 0. The van der Waals surface area contributed by atoms with E-state index in [1.54, 1.807) is 12.3 Å². The lowest BCUT2D eigenvalue weighted by Gasteiger charge is -2.11. The summed E-state index contributed by atoms with van der Waals surface area (Å²) in [6, 6.07) is 2.04. The van der Waals surface area contributed by atoms with Crippen LogP contribution in [0.25, 0.3) is 0 Å². The van der Waals surface area contributed by atoms with Gasteiger partial charge in [-0.05, 0) is 19.4 Å². The minimum absolute atomic E-state index is 0.291. The van der Waals surface area contributed by atoms with Crippen LogP contribution in [0.1, 0.15) is 26.0 Å². The predicted octanol–water partition coefficient (Wildman–Crippen LogP) is 1.32. The molecule has 3 N–H and O–H groups in total. The van der Waals surface area contributed by atoms with Crippen LogP contribution in [0.5, 0.6) is 0 Å². The van der Waals surface area contributed by atoms with E-state index < -0.39 is 0 Å². The lowest BCUT2D eigenvalue weighted by Crippen LogP contribution is -2.18. The van der Waals surface area contributed by atoms with Crippen LogP contribution >= 0.6 is 12.2 Å². The molecule has 4 nitrogen and oxygen atoms in total. The zero-order valence-corrected chi connectivity index (χ0v) is 9.14. The average Bonchev–Trinajstić information content (AvgIpc) is 2.18. The molecule has 0 amide bonds. The number of rotatable bonds is 4. The standard InChI is InChI=1S/C9H14N4S/c1-3-6(2)12-9-11-5-4-7(13-9)8(10)14/h4-6H,3H2,1-2H3,(H2,10,14)(H,11,12,13). The highest BCUT2D eigenvalue weighted by Gasteiger charge is 2.03. The van der Waals surface area contributed by atoms with Crippen molar-refractivity contribution in [2.45, 2.75) is 26.3 Å². The molecular formula is C9H14N4S. The Labute approximate surface area is 88.9 Å². The van der Waals surface area contributed by atoms with Crippen LogP contribution in [-0.2, 0) is 0 Å². The highest BCUT2D eigenvalue weighted by molar-refractivity contribution is 7.80. The first-order chi connectivity index (χ1) is 6.63. The van der Waals surface area contributed by atoms with E-state index in [2.05, 4.69) is 29.1 Å². The molecule has 0 bridgehead atoms. The Morgan fingerprint density at radius 2 is 2.43 bits per heavy atom. The Bertz CT molecular complexity index is 326. The van der Waals surface area contributed by atoms with Crippen molar-refractivity contribution < 1.29 is 0 Å². The molecule has 0 saturated carbocycles. The molecule has 0 aliphatic carbocycles. The molecule has 1 aromatic heterocycles. The van der Waals surface area contributed by atoms with Gasteiger partial charge in [0.15, 0.2) is 0 Å². The van der Waals surface area contributed by atoms with Crippen LogP contribution in [0, 0.1) is 0 Å². The summed E-state index contributed by atoms with van der Waals surface area (Å²) in [5.74, 6) is 0.574. The molecule has 0 fully saturated rings. The molecule has 0 radical (unpaired) electrons. The fourth-order valence-electron chi connectivity index (χ4n) is 0.888. The highest BCUT2D eigenvalue weighted by atomic mass is 32.1. The minimum Gasteiger partial charge on any atom is -0.388 e. The maximum absolute atomic E-state index is 5.46. The molecule has 0 spiro atoms. The predicted molar refractivity (Wildman–Crippen MR) is 61.3 cm³/mol. The Morgan fingerprint density at radius 3 is 3.00 bits per heavy atom. The number of nitrogens with two attached hydrogens (primary N) is 1. The molecule has 1 heterocycles. The summed E-state index contributed by atoms with van der Waals surface area (Å²) >= 11 is 4.82. The maximum Gasteiger partial charge on any atom is 0.223 e. The second-order valence-corrected chi connectivity index (χ2v) is 3.52. The SMILES string of the molecule is CCC(C)Nc1nccc(C(N)=S)n1. The molecular weight excluding hydrogens is 196 g/mol. The number of aromatic nitrogens is 2. The van der Waals surface area contributed by atoms with Crippen LogP contribution in [0.15, 0.2) is 12.3 Å². The third kappa shape index (κ3) is 2.92. The van der Waals surface area contributed by atoms with Crippen molar-refractivity contribution in [3.05, 3.63) is 18.0 Å². The lowest BCUT2D eigenvalue weighted by molar-refractivity contribution is 0.752. The number of hydrogen-bond donors (Lipinski definition) is 2. The summed E-state index contributed by atoms with van der Waals surface area (Å²) in [4.78, 5) is 8.54. The molecule has 1 aromatic rings. The first kappa shape index (κ1) is 10.8. The van der Waals surface area contributed by atoms with E-state index in [1.165, 1.54) is 0 Å². The lowest BCUT2D eigenvalue weighted by atomic mass is 10.3. The quantitative estimate of drug-likeness (QED) is 0.734. The molecule has 1 unspecified atom stereocenters. The van der Waals surface area contributed by atoms with E-state index in [9.17, 15) is 0 Å². The molecule has 0 saturated heterocycles. The van der Waals surface area contributed by atoms with Crippen LogP contribution in [0.2, 0.25) is 0 Å². The zero-order chi connectivity index (χ0) is 10.6. The number of anilines is 1. The molecule has 0 aromatic carbocycles. The van der Waals surface area contributed by atoms with Crippen molar-refractivity contribution in [2.24, 2.45) is 5.73 Å². The Kier molecular flexibility index (Phi) is 3.76. The summed E-state index contributed by atoms with van der Waals surface area (Å²) < 4.78 is 0. The van der Waals surface area contributed by atoms with Gasteiger partial charge in [0.05, 0.1) is 0 Å². The van der Waals surface area contributed by atoms with Gasteiger partial charge in [0.1, 0.15) is 10.7 Å². The van der Waals surface area contributed by atoms with E-state index in [1.807, 2.05) is 0 Å². The van der Waals surface area contributed by atoms with Crippen molar-refractivity contribution in [3.8, 4) is 0 Å². The van der Waals surface area contributed by atoms with Gasteiger partial charge in [-0.3, -0.25) is 0 Å². The van der Waals surface area contributed by atoms with Crippen LogP contribution in [0.3, 0.4) is 0 Å². The van der Waals surface area contributed by atoms with Crippen molar-refractivity contribution >= 4 is 23.2 Å². The summed E-state index contributed by atoms with van der Waals surface area (Å²) in [5.41, 5.74) is 6.06. The average molecular weight is 210 g/mol. The van der Waals surface area contributed by atoms with E-state index in [-0.39, 0.29) is 0 Å². The maximum atomic E-state index is 5.46. The van der Waals surface area contributed by atoms with Gasteiger partial charge in [-0.15, -0.1) is 0 Å². The Hall–Kier alpha value is -1.23. The third-order valence-corrected chi connectivity index (χ3v) is 2.11. The van der Waals surface area contributed by atoms with Gasteiger partial charge in [0, 0.05) is 12.2 Å². The summed E-state index contributed by atoms with van der Waals surface area (Å²) in [6.45, 7) is 4.16. The molecule has 5 heteroatoms. The highest BCUT2D eigenvalue weighted by Crippen LogP contribution is 2.03. The Balaban J connectivity index is 2.78. The monoisotopic (exact) mass is 210 g/mol. The van der Waals surface area contributed by atoms with Gasteiger partial charge in [-0.2, -0.15) is 0 Å². The van der Waals surface area contributed by atoms with Gasteiger partial charge in [0.2, 0.25) is 5.95 Å². The van der Waals surface area contributed by atoms with Gasteiger partial charge in [-0.1, -0.05) is 19.1 Å². The number of nitrogens with zero attached hydrogens (tertiary/aromatic N) is 2. The topological polar surface area (TPSA) is 63.8 Å². The van der Waals surface area contributed by atoms with Crippen LogP contribution in [-0.4, -0.2) is 21.0 Å². The fraction of sp³-hybridized carbons (Fsp3) is 0.444. The van der Waals surface area contributed by atoms with Crippen molar-refractivity contribution in [3.63, 3.8) is 0 Å². The number of nitrogens with one attached hydrogen (secondary N) is 1. The van der Waals surface area contributed by atoms with Crippen molar-refractivity contribution in [2.75, 3.05) is 5.32 Å². The van der Waals surface area contributed by atoms with Crippen LogP contribution < -0.4 is 11.1 Å². The second kappa shape index (κ2) is 4.85. The van der Waals surface area contributed by atoms with E-state index in [0.29, 0.717) is 22.7 Å².